The molecule has 1 aliphatic heterocycles. The Kier molecular flexibility index (Phi) is 7.23. The number of aliphatic carboxylic acids is 1. The van der Waals surface area contributed by atoms with Crippen LogP contribution in [0.15, 0.2) is 42.5 Å². The first-order valence-electron chi connectivity index (χ1n) is 10.0. The Balaban J connectivity index is 1.98. The fourth-order valence-electron chi connectivity index (χ4n) is 3.78. The molecule has 3 rings (SSSR count). The number of carboxylic acids is 1. The van der Waals surface area contributed by atoms with E-state index in [0.29, 0.717) is 18.2 Å². The van der Waals surface area contributed by atoms with E-state index in [4.69, 9.17) is 21.1 Å². The van der Waals surface area contributed by atoms with Crippen LogP contribution in [-0.4, -0.2) is 50.1 Å². The van der Waals surface area contributed by atoms with Gasteiger partial charge in [-0.15, -0.1) is 0 Å². The Morgan fingerprint density at radius 2 is 2.03 bits per heavy atom. The monoisotopic (exact) mass is 432 g/mol. The van der Waals surface area contributed by atoms with E-state index in [0.717, 1.165) is 35.7 Å². The number of halogens is 1. The molecule has 0 aliphatic carbocycles. The van der Waals surface area contributed by atoms with Gasteiger partial charge in [-0.3, -0.25) is 4.79 Å². The highest BCUT2D eigenvalue weighted by atomic mass is 35.5. The zero-order valence-corrected chi connectivity index (χ0v) is 18.4. The van der Waals surface area contributed by atoms with Crippen molar-refractivity contribution in [3.05, 3.63) is 53.1 Å². The average Bonchev–Trinajstić information content (AvgIpc) is 2.68. The standard InChI is InChI=1S/C23H29ClN2O4/c1-23(2)15-26(10-11-30-23)21-9-4-16(17(14-29-3)13-22(27)28)12-20(21)25-19-7-5-18(24)6-8-19/h4-9,12,17,25H,10-11,13-15H2,1-3H3,(H,27,28). The lowest BCUT2D eigenvalue weighted by molar-refractivity contribution is -0.137. The lowest BCUT2D eigenvalue weighted by Crippen LogP contribution is -2.48. The number of carboxylic acid groups (broad SMARTS) is 1. The molecule has 1 unspecified atom stereocenters. The second-order valence-electron chi connectivity index (χ2n) is 8.19. The lowest BCUT2D eigenvalue weighted by Gasteiger charge is -2.40. The van der Waals surface area contributed by atoms with Gasteiger partial charge in [-0.25, -0.2) is 0 Å². The molecular formula is C23H29ClN2O4. The van der Waals surface area contributed by atoms with Gasteiger partial charge in [0.05, 0.1) is 36.6 Å². The Morgan fingerprint density at radius 3 is 2.67 bits per heavy atom. The van der Waals surface area contributed by atoms with Crippen LogP contribution < -0.4 is 10.2 Å². The second kappa shape index (κ2) is 9.69. The third-order valence-electron chi connectivity index (χ3n) is 5.17. The number of morpholine rings is 1. The zero-order valence-electron chi connectivity index (χ0n) is 17.7. The zero-order chi connectivity index (χ0) is 21.7. The molecule has 7 heteroatoms. The van der Waals surface area contributed by atoms with Gasteiger partial charge in [0.25, 0.3) is 0 Å². The molecule has 0 spiro atoms. The number of benzene rings is 2. The highest BCUT2D eigenvalue weighted by molar-refractivity contribution is 6.30. The highest BCUT2D eigenvalue weighted by Crippen LogP contribution is 2.35. The fraction of sp³-hybridized carbons (Fsp3) is 0.435. The Labute approximate surface area is 182 Å². The van der Waals surface area contributed by atoms with E-state index < -0.39 is 5.97 Å². The molecule has 2 aromatic carbocycles. The third-order valence-corrected chi connectivity index (χ3v) is 5.42. The van der Waals surface area contributed by atoms with Gasteiger partial charge < -0.3 is 24.8 Å². The number of methoxy groups -OCH3 is 1. The van der Waals surface area contributed by atoms with Crippen molar-refractivity contribution < 1.29 is 19.4 Å². The van der Waals surface area contributed by atoms with Crippen molar-refractivity contribution in [2.24, 2.45) is 0 Å². The van der Waals surface area contributed by atoms with E-state index >= 15 is 0 Å². The van der Waals surface area contributed by atoms with E-state index in [1.54, 1.807) is 7.11 Å². The first kappa shape index (κ1) is 22.4. The summed E-state index contributed by atoms with van der Waals surface area (Å²) in [6, 6.07) is 13.6. The Bertz CT molecular complexity index is 870. The molecule has 0 radical (unpaired) electrons. The minimum atomic E-state index is -0.844. The molecule has 6 nitrogen and oxygen atoms in total. The predicted molar refractivity (Wildman–Crippen MR) is 120 cm³/mol. The first-order chi connectivity index (χ1) is 14.3. The summed E-state index contributed by atoms with van der Waals surface area (Å²) in [6.45, 7) is 6.71. The molecular weight excluding hydrogens is 404 g/mol. The molecule has 0 aromatic heterocycles. The maximum absolute atomic E-state index is 11.3. The van der Waals surface area contributed by atoms with Gasteiger partial charge in [0, 0.05) is 36.8 Å². The summed E-state index contributed by atoms with van der Waals surface area (Å²) in [5.41, 5.74) is 3.56. The highest BCUT2D eigenvalue weighted by Gasteiger charge is 2.29. The summed E-state index contributed by atoms with van der Waals surface area (Å²) in [5.74, 6) is -1.07. The maximum Gasteiger partial charge on any atom is 0.304 e. The van der Waals surface area contributed by atoms with Crippen molar-refractivity contribution >= 4 is 34.6 Å². The molecule has 162 valence electrons. The topological polar surface area (TPSA) is 71.0 Å². The summed E-state index contributed by atoms with van der Waals surface area (Å²) in [4.78, 5) is 13.6. The number of nitrogens with zero attached hydrogens (tertiary/aromatic N) is 1. The summed E-state index contributed by atoms with van der Waals surface area (Å²) < 4.78 is 11.1. The van der Waals surface area contributed by atoms with Crippen LogP contribution in [0.4, 0.5) is 17.1 Å². The summed E-state index contributed by atoms with van der Waals surface area (Å²) in [7, 11) is 1.59. The predicted octanol–water partition coefficient (Wildman–Crippen LogP) is 4.90. The first-order valence-corrected chi connectivity index (χ1v) is 10.4. The van der Waals surface area contributed by atoms with Crippen LogP contribution in [0.3, 0.4) is 0 Å². The Hall–Kier alpha value is -2.28. The number of carbonyl (C=O) groups is 1. The van der Waals surface area contributed by atoms with Crippen LogP contribution in [0.25, 0.3) is 0 Å². The number of nitrogens with one attached hydrogen (secondary N) is 1. The fourth-order valence-corrected chi connectivity index (χ4v) is 3.91. The van der Waals surface area contributed by atoms with Gasteiger partial charge in [0.1, 0.15) is 0 Å². The summed E-state index contributed by atoms with van der Waals surface area (Å²) >= 11 is 6.03. The SMILES string of the molecule is COCC(CC(=O)O)c1ccc(N2CCOC(C)(C)C2)c(Nc2ccc(Cl)cc2)c1. The maximum atomic E-state index is 11.3. The molecule has 1 fully saturated rings. The van der Waals surface area contributed by atoms with Gasteiger partial charge in [-0.05, 0) is 55.8 Å². The van der Waals surface area contributed by atoms with Crippen LogP contribution >= 0.6 is 11.6 Å². The molecule has 1 aliphatic rings. The second-order valence-corrected chi connectivity index (χ2v) is 8.62. The van der Waals surface area contributed by atoms with E-state index in [-0.39, 0.29) is 17.9 Å². The minimum absolute atomic E-state index is 0.0121. The van der Waals surface area contributed by atoms with Crippen molar-refractivity contribution in [3.8, 4) is 0 Å². The van der Waals surface area contributed by atoms with Crippen molar-refractivity contribution in [1.29, 1.82) is 0 Å². The summed E-state index contributed by atoms with van der Waals surface area (Å²) in [5, 5.41) is 13.5. The van der Waals surface area contributed by atoms with Crippen LogP contribution in [-0.2, 0) is 14.3 Å². The smallest absolute Gasteiger partial charge is 0.304 e. The minimum Gasteiger partial charge on any atom is -0.481 e. The van der Waals surface area contributed by atoms with E-state index in [9.17, 15) is 9.90 Å². The number of ether oxygens (including phenoxy) is 2. The molecule has 0 bridgehead atoms. The molecule has 0 saturated carbocycles. The molecule has 0 amide bonds. The van der Waals surface area contributed by atoms with Crippen LogP contribution in [0.2, 0.25) is 5.02 Å². The molecule has 1 heterocycles. The molecule has 2 aromatic rings. The van der Waals surface area contributed by atoms with Crippen LogP contribution in [0.1, 0.15) is 31.7 Å². The number of anilines is 3. The average molecular weight is 433 g/mol. The van der Waals surface area contributed by atoms with Crippen LogP contribution in [0.5, 0.6) is 0 Å². The number of hydrogen-bond donors (Lipinski definition) is 2. The number of rotatable bonds is 8. The van der Waals surface area contributed by atoms with E-state index in [1.807, 2.05) is 36.4 Å². The molecule has 2 N–H and O–H groups in total. The quantitative estimate of drug-likeness (QED) is 0.618. The van der Waals surface area contributed by atoms with Gasteiger partial charge >= 0.3 is 5.97 Å². The van der Waals surface area contributed by atoms with Crippen molar-refractivity contribution in [2.75, 3.05) is 43.6 Å². The van der Waals surface area contributed by atoms with E-state index in [2.05, 4.69) is 30.1 Å². The molecule has 1 saturated heterocycles. The summed E-state index contributed by atoms with van der Waals surface area (Å²) in [6.07, 6.45) is 0.0121. The molecule has 1 atom stereocenters. The van der Waals surface area contributed by atoms with Crippen molar-refractivity contribution in [1.82, 2.24) is 0 Å². The van der Waals surface area contributed by atoms with Gasteiger partial charge in [0.15, 0.2) is 0 Å². The largest absolute Gasteiger partial charge is 0.481 e. The normalized spacial score (nSPS) is 16.9. The van der Waals surface area contributed by atoms with Crippen molar-refractivity contribution in [3.63, 3.8) is 0 Å². The van der Waals surface area contributed by atoms with Crippen LogP contribution in [0, 0.1) is 0 Å². The van der Waals surface area contributed by atoms with Gasteiger partial charge in [0.2, 0.25) is 0 Å². The van der Waals surface area contributed by atoms with Gasteiger partial charge in [-0.1, -0.05) is 17.7 Å². The Morgan fingerprint density at radius 1 is 1.30 bits per heavy atom. The van der Waals surface area contributed by atoms with Gasteiger partial charge in [-0.2, -0.15) is 0 Å². The van der Waals surface area contributed by atoms with E-state index in [1.165, 1.54) is 0 Å². The number of hydrogen-bond acceptors (Lipinski definition) is 5. The molecule has 30 heavy (non-hydrogen) atoms. The lowest BCUT2D eigenvalue weighted by atomic mass is 9.95. The van der Waals surface area contributed by atoms with Crippen molar-refractivity contribution in [2.45, 2.75) is 31.8 Å². The third kappa shape index (κ3) is 5.88.